The summed E-state index contributed by atoms with van der Waals surface area (Å²) < 4.78 is 10.2. The van der Waals surface area contributed by atoms with Crippen LogP contribution in [-0.2, 0) is 19.1 Å². The van der Waals surface area contributed by atoms with Crippen molar-refractivity contribution in [3.05, 3.63) is 0 Å². The zero-order chi connectivity index (χ0) is 8.48. The molecule has 1 aliphatic rings. The fraction of sp³-hybridized carbons (Fsp3) is 0.714. The molecule has 62 valence electrons. The highest BCUT2D eigenvalue weighted by Crippen LogP contribution is 2.25. The predicted octanol–water partition coefficient (Wildman–Crippen LogP) is -0.0957. The lowest BCUT2D eigenvalue weighted by Gasteiger charge is -2.15. The van der Waals surface area contributed by atoms with Crippen molar-refractivity contribution in [3.8, 4) is 0 Å². The van der Waals surface area contributed by atoms with Crippen molar-refractivity contribution in [2.75, 3.05) is 0 Å². The van der Waals surface area contributed by atoms with Gasteiger partial charge in [0.05, 0.1) is 0 Å². The molecule has 0 saturated carbocycles. The van der Waals surface area contributed by atoms with Crippen LogP contribution in [0.25, 0.3) is 0 Å². The molecule has 0 unspecified atom stereocenters. The van der Waals surface area contributed by atoms with Crippen molar-refractivity contribution >= 4 is 12.6 Å². The first-order valence-corrected chi connectivity index (χ1v) is 3.35. The van der Waals surface area contributed by atoms with Gasteiger partial charge in [-0.05, 0) is 13.8 Å². The third-order valence-corrected chi connectivity index (χ3v) is 1.43. The van der Waals surface area contributed by atoms with Gasteiger partial charge in [-0.25, -0.2) is 0 Å². The molecular weight excluding hydrogens is 148 g/mol. The molecule has 2 atom stereocenters. The number of rotatable bonds is 2. The topological polar surface area (TPSA) is 52.6 Å². The van der Waals surface area contributed by atoms with Gasteiger partial charge in [-0.15, -0.1) is 0 Å². The molecule has 4 nitrogen and oxygen atoms in total. The van der Waals surface area contributed by atoms with Crippen molar-refractivity contribution < 1.29 is 19.1 Å². The minimum absolute atomic E-state index is 0.577. The Kier molecular flexibility index (Phi) is 2.06. The molecule has 0 aromatic heterocycles. The average molecular weight is 158 g/mol. The second-order valence-electron chi connectivity index (χ2n) is 2.84. The summed E-state index contributed by atoms with van der Waals surface area (Å²) in [5.74, 6) is -0.822. The standard InChI is InChI=1S/C7H10O4/c1-7(2)10-5(3-8)6(4-9)11-7/h3-6H,1-2H3/t5-,6-/m1/s1. The molecule has 0 bridgehead atoms. The Morgan fingerprint density at radius 1 is 1.09 bits per heavy atom. The zero-order valence-electron chi connectivity index (χ0n) is 6.44. The monoisotopic (exact) mass is 158 g/mol. The van der Waals surface area contributed by atoms with E-state index >= 15 is 0 Å². The Morgan fingerprint density at radius 2 is 1.45 bits per heavy atom. The number of hydrogen-bond acceptors (Lipinski definition) is 4. The van der Waals surface area contributed by atoms with Gasteiger partial charge < -0.3 is 19.1 Å². The molecule has 0 aromatic carbocycles. The number of hydrogen-bond donors (Lipinski definition) is 0. The van der Waals surface area contributed by atoms with Crippen LogP contribution in [0, 0.1) is 0 Å². The van der Waals surface area contributed by atoms with Crippen LogP contribution >= 0.6 is 0 Å². The lowest BCUT2D eigenvalue weighted by molar-refractivity contribution is -0.152. The largest absolute Gasteiger partial charge is 0.337 e. The van der Waals surface area contributed by atoms with Gasteiger partial charge in [-0.2, -0.15) is 0 Å². The molecule has 1 heterocycles. The van der Waals surface area contributed by atoms with E-state index in [2.05, 4.69) is 0 Å². The van der Waals surface area contributed by atoms with Crippen LogP contribution in [0.15, 0.2) is 0 Å². The Labute approximate surface area is 64.5 Å². The Balaban J connectivity index is 2.69. The fourth-order valence-corrected chi connectivity index (χ4v) is 1.03. The highest BCUT2D eigenvalue weighted by Gasteiger charge is 2.40. The molecule has 0 radical (unpaired) electrons. The Bertz CT molecular complexity index is 157. The average Bonchev–Trinajstić information content (AvgIpc) is 2.25. The zero-order valence-corrected chi connectivity index (χ0v) is 6.44. The van der Waals surface area contributed by atoms with Gasteiger partial charge in [-0.1, -0.05) is 0 Å². The third kappa shape index (κ3) is 1.64. The first kappa shape index (κ1) is 8.36. The highest BCUT2D eigenvalue weighted by molar-refractivity contribution is 5.69. The van der Waals surface area contributed by atoms with Crippen LogP contribution < -0.4 is 0 Å². The molecular formula is C7H10O4. The van der Waals surface area contributed by atoms with Crippen molar-refractivity contribution in [2.24, 2.45) is 0 Å². The lowest BCUT2D eigenvalue weighted by atomic mass is 10.2. The summed E-state index contributed by atoms with van der Waals surface area (Å²) in [5, 5.41) is 0. The summed E-state index contributed by atoms with van der Waals surface area (Å²) in [6.45, 7) is 3.32. The van der Waals surface area contributed by atoms with Gasteiger partial charge in [0.15, 0.2) is 18.4 Å². The predicted molar refractivity (Wildman–Crippen MR) is 36.0 cm³/mol. The maximum absolute atomic E-state index is 10.3. The SMILES string of the molecule is CC1(C)O[C@H](C=O)[C@@H](C=O)O1. The van der Waals surface area contributed by atoms with E-state index in [0.29, 0.717) is 12.6 Å². The van der Waals surface area contributed by atoms with Gasteiger partial charge in [-0.3, -0.25) is 0 Å². The summed E-state index contributed by atoms with van der Waals surface area (Å²) in [4.78, 5) is 20.6. The maximum atomic E-state index is 10.3. The summed E-state index contributed by atoms with van der Waals surface area (Å²) >= 11 is 0. The molecule has 1 saturated heterocycles. The van der Waals surface area contributed by atoms with Crippen LogP contribution in [0.1, 0.15) is 13.8 Å². The molecule has 11 heavy (non-hydrogen) atoms. The molecule has 0 spiro atoms. The quantitative estimate of drug-likeness (QED) is 0.527. The van der Waals surface area contributed by atoms with E-state index in [1.807, 2.05) is 0 Å². The first-order chi connectivity index (χ1) is 5.09. The van der Waals surface area contributed by atoms with Crippen molar-refractivity contribution in [1.82, 2.24) is 0 Å². The summed E-state index contributed by atoms with van der Waals surface area (Å²) in [7, 11) is 0. The number of ether oxygens (including phenoxy) is 2. The number of carbonyl (C=O) groups is 2. The van der Waals surface area contributed by atoms with Crippen LogP contribution in [0.5, 0.6) is 0 Å². The van der Waals surface area contributed by atoms with Gasteiger partial charge in [0.25, 0.3) is 0 Å². The molecule has 0 aromatic rings. The van der Waals surface area contributed by atoms with E-state index in [0.717, 1.165) is 0 Å². The Morgan fingerprint density at radius 3 is 1.73 bits per heavy atom. The Hall–Kier alpha value is -0.740. The minimum Gasteiger partial charge on any atom is -0.337 e. The van der Waals surface area contributed by atoms with E-state index in [1.165, 1.54) is 0 Å². The fourth-order valence-electron chi connectivity index (χ4n) is 1.03. The molecule has 0 amide bonds. The van der Waals surface area contributed by atoms with Crippen LogP contribution in [0.2, 0.25) is 0 Å². The summed E-state index contributed by atoms with van der Waals surface area (Å²) in [6, 6.07) is 0. The molecule has 4 heteroatoms. The summed E-state index contributed by atoms with van der Waals surface area (Å²) in [5.41, 5.74) is 0. The molecule has 1 rings (SSSR count). The smallest absolute Gasteiger partial charge is 0.164 e. The summed E-state index contributed by atoms with van der Waals surface area (Å²) in [6.07, 6.45) is -0.341. The van der Waals surface area contributed by atoms with Gasteiger partial charge in [0.1, 0.15) is 12.2 Å². The lowest BCUT2D eigenvalue weighted by Crippen LogP contribution is -2.24. The van der Waals surface area contributed by atoms with E-state index in [1.54, 1.807) is 13.8 Å². The van der Waals surface area contributed by atoms with Gasteiger partial charge in [0.2, 0.25) is 0 Å². The minimum atomic E-state index is -0.822. The first-order valence-electron chi connectivity index (χ1n) is 3.35. The van der Waals surface area contributed by atoms with Crippen LogP contribution in [-0.4, -0.2) is 30.6 Å². The molecule has 1 fully saturated rings. The van der Waals surface area contributed by atoms with E-state index < -0.39 is 18.0 Å². The molecule has 0 N–H and O–H groups in total. The van der Waals surface area contributed by atoms with Crippen LogP contribution in [0.4, 0.5) is 0 Å². The van der Waals surface area contributed by atoms with E-state index in [-0.39, 0.29) is 0 Å². The van der Waals surface area contributed by atoms with E-state index in [9.17, 15) is 9.59 Å². The van der Waals surface area contributed by atoms with Gasteiger partial charge in [0, 0.05) is 0 Å². The second kappa shape index (κ2) is 2.71. The van der Waals surface area contributed by atoms with Crippen LogP contribution in [0.3, 0.4) is 0 Å². The highest BCUT2D eigenvalue weighted by atomic mass is 16.8. The van der Waals surface area contributed by atoms with Crippen molar-refractivity contribution in [2.45, 2.75) is 31.8 Å². The van der Waals surface area contributed by atoms with E-state index in [4.69, 9.17) is 9.47 Å². The molecule has 0 aliphatic carbocycles. The molecule has 1 aliphatic heterocycles. The third-order valence-electron chi connectivity index (χ3n) is 1.43. The number of carbonyl (C=O) groups excluding carboxylic acids is 2. The van der Waals surface area contributed by atoms with Gasteiger partial charge >= 0.3 is 0 Å². The number of aldehydes is 2. The van der Waals surface area contributed by atoms with Crippen molar-refractivity contribution in [1.29, 1.82) is 0 Å². The second-order valence-corrected chi connectivity index (χ2v) is 2.84. The van der Waals surface area contributed by atoms with Crippen molar-refractivity contribution in [3.63, 3.8) is 0 Å². The normalized spacial score (nSPS) is 35.1. The maximum Gasteiger partial charge on any atom is 0.164 e.